The van der Waals surface area contributed by atoms with Crippen LogP contribution in [0.5, 0.6) is 0 Å². The molecule has 3 heteroatoms. The quantitative estimate of drug-likeness (QED) is 0.461. The lowest BCUT2D eigenvalue weighted by Crippen LogP contribution is -2.30. The summed E-state index contributed by atoms with van der Waals surface area (Å²) >= 11 is 0. The molecule has 0 saturated carbocycles. The van der Waals surface area contributed by atoms with Crippen LogP contribution in [0.15, 0.2) is 18.2 Å². The SMILES string of the molecule is C#Cc1ccc2c(c1)C(=O)N(CCCCCC)C2=O. The number of unbranched alkanes of at least 4 members (excludes halogenated alkanes) is 3. The second-order valence-corrected chi connectivity index (χ2v) is 4.73. The second-order valence-electron chi connectivity index (χ2n) is 4.73. The molecule has 0 spiro atoms. The van der Waals surface area contributed by atoms with E-state index >= 15 is 0 Å². The van der Waals surface area contributed by atoms with Gasteiger partial charge in [-0.25, -0.2) is 0 Å². The molecule has 0 bridgehead atoms. The third kappa shape index (κ3) is 2.53. The topological polar surface area (TPSA) is 37.4 Å². The van der Waals surface area contributed by atoms with Gasteiger partial charge in [-0.15, -0.1) is 6.42 Å². The van der Waals surface area contributed by atoms with E-state index in [4.69, 9.17) is 6.42 Å². The zero-order valence-electron chi connectivity index (χ0n) is 11.1. The Kier molecular flexibility index (Phi) is 4.01. The van der Waals surface area contributed by atoms with Crippen molar-refractivity contribution in [3.8, 4) is 12.3 Å². The van der Waals surface area contributed by atoms with Crippen LogP contribution in [-0.2, 0) is 0 Å². The number of nitrogens with zero attached hydrogens (tertiary/aromatic N) is 1. The van der Waals surface area contributed by atoms with Gasteiger partial charge in [-0.2, -0.15) is 0 Å². The first-order valence-electron chi connectivity index (χ1n) is 6.66. The molecule has 1 aliphatic heterocycles. The Morgan fingerprint density at radius 3 is 2.53 bits per heavy atom. The lowest BCUT2D eigenvalue weighted by molar-refractivity contribution is 0.0651. The summed E-state index contributed by atoms with van der Waals surface area (Å²) in [4.78, 5) is 25.6. The van der Waals surface area contributed by atoms with Gasteiger partial charge in [0, 0.05) is 12.1 Å². The molecule has 0 atom stereocenters. The van der Waals surface area contributed by atoms with E-state index in [0.717, 1.165) is 25.7 Å². The summed E-state index contributed by atoms with van der Waals surface area (Å²) in [7, 11) is 0. The normalized spacial score (nSPS) is 13.6. The summed E-state index contributed by atoms with van der Waals surface area (Å²) in [5, 5.41) is 0. The monoisotopic (exact) mass is 255 g/mol. The van der Waals surface area contributed by atoms with Crippen molar-refractivity contribution < 1.29 is 9.59 Å². The number of benzene rings is 1. The highest BCUT2D eigenvalue weighted by atomic mass is 16.2. The van der Waals surface area contributed by atoms with Gasteiger partial charge in [-0.05, 0) is 24.6 Å². The molecule has 3 nitrogen and oxygen atoms in total. The number of terminal acetylenes is 1. The number of imide groups is 1. The van der Waals surface area contributed by atoms with Crippen molar-refractivity contribution in [2.45, 2.75) is 32.6 Å². The molecule has 0 fully saturated rings. The predicted molar refractivity (Wildman–Crippen MR) is 73.9 cm³/mol. The van der Waals surface area contributed by atoms with E-state index < -0.39 is 0 Å². The van der Waals surface area contributed by atoms with Gasteiger partial charge in [-0.3, -0.25) is 14.5 Å². The van der Waals surface area contributed by atoms with Crippen LogP contribution < -0.4 is 0 Å². The summed E-state index contributed by atoms with van der Waals surface area (Å²) in [5.74, 6) is 2.08. The molecule has 0 N–H and O–H groups in total. The standard InChI is InChI=1S/C16H17NO2/c1-3-5-6-7-10-17-15(18)13-9-8-12(4-2)11-14(13)16(17)19/h2,8-9,11H,3,5-7,10H2,1H3. The third-order valence-corrected chi connectivity index (χ3v) is 3.37. The van der Waals surface area contributed by atoms with Gasteiger partial charge in [0.2, 0.25) is 0 Å². The van der Waals surface area contributed by atoms with E-state index in [1.165, 1.54) is 4.90 Å². The van der Waals surface area contributed by atoms with E-state index in [2.05, 4.69) is 12.8 Å². The van der Waals surface area contributed by atoms with E-state index in [9.17, 15) is 9.59 Å². The Balaban J connectivity index is 2.13. The first-order chi connectivity index (χ1) is 9.19. The fraction of sp³-hybridized carbons (Fsp3) is 0.375. The summed E-state index contributed by atoms with van der Waals surface area (Å²) in [5.41, 5.74) is 1.54. The van der Waals surface area contributed by atoms with Crippen molar-refractivity contribution >= 4 is 11.8 Å². The first-order valence-corrected chi connectivity index (χ1v) is 6.66. The number of hydrogen-bond donors (Lipinski definition) is 0. The average Bonchev–Trinajstić information content (AvgIpc) is 2.67. The van der Waals surface area contributed by atoms with E-state index in [-0.39, 0.29) is 11.8 Å². The molecule has 1 aromatic rings. The van der Waals surface area contributed by atoms with Crippen molar-refractivity contribution in [2.24, 2.45) is 0 Å². The maximum atomic E-state index is 12.2. The molecule has 0 aliphatic carbocycles. The lowest BCUT2D eigenvalue weighted by atomic mass is 10.1. The lowest BCUT2D eigenvalue weighted by Gasteiger charge is -2.13. The summed E-state index contributed by atoms with van der Waals surface area (Å²) in [6.07, 6.45) is 9.48. The minimum atomic E-state index is -0.214. The molecular formula is C16H17NO2. The van der Waals surface area contributed by atoms with Gasteiger partial charge in [-0.1, -0.05) is 32.1 Å². The maximum absolute atomic E-state index is 12.2. The van der Waals surface area contributed by atoms with Crippen molar-refractivity contribution in [2.75, 3.05) is 6.54 Å². The smallest absolute Gasteiger partial charge is 0.261 e. The molecule has 0 aromatic heterocycles. The maximum Gasteiger partial charge on any atom is 0.261 e. The second kappa shape index (κ2) is 5.71. The minimum absolute atomic E-state index is 0.194. The van der Waals surface area contributed by atoms with E-state index in [0.29, 0.717) is 23.2 Å². The van der Waals surface area contributed by atoms with Gasteiger partial charge in [0.05, 0.1) is 11.1 Å². The Morgan fingerprint density at radius 1 is 1.11 bits per heavy atom. The fourth-order valence-electron chi connectivity index (χ4n) is 2.28. The van der Waals surface area contributed by atoms with Crippen LogP contribution in [-0.4, -0.2) is 23.3 Å². The first kappa shape index (κ1) is 13.4. The number of fused-ring (bicyclic) bond motifs is 1. The molecule has 0 unspecified atom stereocenters. The Bertz CT molecular complexity index is 554. The van der Waals surface area contributed by atoms with Crippen LogP contribution in [0.3, 0.4) is 0 Å². The Labute approximate surface area is 113 Å². The highest BCUT2D eigenvalue weighted by Crippen LogP contribution is 2.24. The van der Waals surface area contributed by atoms with Gasteiger partial charge in [0.1, 0.15) is 0 Å². The van der Waals surface area contributed by atoms with Crippen molar-refractivity contribution in [3.05, 3.63) is 34.9 Å². The van der Waals surface area contributed by atoms with Crippen LogP contribution in [0.1, 0.15) is 58.9 Å². The highest BCUT2D eigenvalue weighted by molar-refractivity contribution is 6.21. The summed E-state index contributed by atoms with van der Waals surface area (Å²) in [6, 6.07) is 4.98. The molecule has 19 heavy (non-hydrogen) atoms. The number of amides is 2. The largest absolute Gasteiger partial charge is 0.274 e. The number of carbonyl (C=O) groups excluding carboxylic acids is 2. The molecule has 1 aromatic carbocycles. The van der Waals surface area contributed by atoms with Gasteiger partial charge in [0.25, 0.3) is 11.8 Å². The number of rotatable bonds is 5. The third-order valence-electron chi connectivity index (χ3n) is 3.37. The van der Waals surface area contributed by atoms with Gasteiger partial charge >= 0.3 is 0 Å². The molecule has 1 aliphatic rings. The van der Waals surface area contributed by atoms with Crippen LogP contribution in [0.2, 0.25) is 0 Å². The van der Waals surface area contributed by atoms with Crippen LogP contribution in [0.4, 0.5) is 0 Å². The number of carbonyl (C=O) groups is 2. The Morgan fingerprint density at radius 2 is 1.84 bits per heavy atom. The molecule has 1 heterocycles. The molecule has 2 amide bonds. The molecular weight excluding hydrogens is 238 g/mol. The molecule has 98 valence electrons. The van der Waals surface area contributed by atoms with Crippen LogP contribution >= 0.6 is 0 Å². The van der Waals surface area contributed by atoms with Crippen molar-refractivity contribution in [1.29, 1.82) is 0 Å². The summed E-state index contributed by atoms with van der Waals surface area (Å²) < 4.78 is 0. The Hall–Kier alpha value is -2.08. The van der Waals surface area contributed by atoms with E-state index in [1.807, 2.05) is 0 Å². The average molecular weight is 255 g/mol. The van der Waals surface area contributed by atoms with Crippen LogP contribution in [0, 0.1) is 12.3 Å². The van der Waals surface area contributed by atoms with E-state index in [1.54, 1.807) is 18.2 Å². The molecule has 0 radical (unpaired) electrons. The minimum Gasteiger partial charge on any atom is -0.274 e. The molecule has 0 saturated heterocycles. The number of hydrogen-bond acceptors (Lipinski definition) is 2. The summed E-state index contributed by atoms with van der Waals surface area (Å²) in [6.45, 7) is 2.63. The predicted octanol–water partition coefficient (Wildman–Crippen LogP) is 2.84. The van der Waals surface area contributed by atoms with Crippen LogP contribution in [0.25, 0.3) is 0 Å². The zero-order valence-corrected chi connectivity index (χ0v) is 11.1. The van der Waals surface area contributed by atoms with Crippen molar-refractivity contribution in [3.63, 3.8) is 0 Å². The highest BCUT2D eigenvalue weighted by Gasteiger charge is 2.34. The van der Waals surface area contributed by atoms with Gasteiger partial charge < -0.3 is 0 Å². The molecule has 2 rings (SSSR count). The fourth-order valence-corrected chi connectivity index (χ4v) is 2.28. The zero-order chi connectivity index (χ0) is 13.8. The van der Waals surface area contributed by atoms with Gasteiger partial charge in [0.15, 0.2) is 0 Å². The van der Waals surface area contributed by atoms with Crippen molar-refractivity contribution in [1.82, 2.24) is 4.90 Å².